The van der Waals surface area contributed by atoms with Crippen molar-refractivity contribution in [1.82, 2.24) is 0 Å². The Kier molecular flexibility index (Phi) is 5.68. The maximum atomic E-state index is 6.04. The van der Waals surface area contributed by atoms with E-state index in [4.69, 9.17) is 19.9 Å². The van der Waals surface area contributed by atoms with Crippen LogP contribution in [0.4, 0.5) is 0 Å². The zero-order valence-corrected chi connectivity index (χ0v) is 12.4. The third kappa shape index (κ3) is 4.69. The molecule has 1 aliphatic carbocycles. The first-order chi connectivity index (χ1) is 9.72. The van der Waals surface area contributed by atoms with Gasteiger partial charge in [0.05, 0.1) is 13.7 Å². The lowest BCUT2D eigenvalue weighted by Crippen LogP contribution is -2.22. The molecule has 1 fully saturated rings. The van der Waals surface area contributed by atoms with Gasteiger partial charge < -0.3 is 19.9 Å². The summed E-state index contributed by atoms with van der Waals surface area (Å²) in [5, 5.41) is 0. The molecule has 1 aromatic carbocycles. The Labute approximate surface area is 121 Å². The van der Waals surface area contributed by atoms with E-state index in [1.165, 1.54) is 12.8 Å². The van der Waals surface area contributed by atoms with Gasteiger partial charge in [0.2, 0.25) is 0 Å². The van der Waals surface area contributed by atoms with E-state index in [9.17, 15) is 0 Å². The summed E-state index contributed by atoms with van der Waals surface area (Å²) in [4.78, 5) is 0. The molecule has 4 nitrogen and oxygen atoms in total. The molecule has 1 unspecified atom stereocenters. The van der Waals surface area contributed by atoms with Crippen molar-refractivity contribution in [2.24, 2.45) is 11.7 Å². The van der Waals surface area contributed by atoms with E-state index in [1.54, 1.807) is 7.11 Å². The van der Waals surface area contributed by atoms with Gasteiger partial charge in [0.1, 0.15) is 11.5 Å². The molecule has 0 aliphatic heterocycles. The molecule has 0 bridgehead atoms. The predicted octanol–water partition coefficient (Wildman–Crippen LogP) is 2.74. The first kappa shape index (κ1) is 15.1. The molecule has 1 aliphatic rings. The molecule has 20 heavy (non-hydrogen) atoms. The molecule has 112 valence electrons. The first-order valence-electron chi connectivity index (χ1n) is 7.36. The summed E-state index contributed by atoms with van der Waals surface area (Å²) >= 11 is 0. The summed E-state index contributed by atoms with van der Waals surface area (Å²) < 4.78 is 16.5. The van der Waals surface area contributed by atoms with E-state index in [1.807, 2.05) is 18.2 Å². The molecule has 2 rings (SSSR count). The fourth-order valence-corrected chi connectivity index (χ4v) is 2.01. The van der Waals surface area contributed by atoms with Crippen molar-refractivity contribution in [1.29, 1.82) is 0 Å². The number of nitrogens with two attached hydrogens (primary N) is 1. The molecular formula is C16H25NO3. The van der Waals surface area contributed by atoms with Crippen LogP contribution in [0.2, 0.25) is 0 Å². The third-order valence-electron chi connectivity index (χ3n) is 3.62. The van der Waals surface area contributed by atoms with Crippen molar-refractivity contribution >= 4 is 0 Å². The van der Waals surface area contributed by atoms with E-state index < -0.39 is 0 Å². The van der Waals surface area contributed by atoms with E-state index in [0.29, 0.717) is 6.79 Å². The number of benzene rings is 1. The Morgan fingerprint density at radius 2 is 2.15 bits per heavy atom. The van der Waals surface area contributed by atoms with Crippen LogP contribution >= 0.6 is 0 Å². The molecule has 0 amide bonds. The summed E-state index contributed by atoms with van der Waals surface area (Å²) in [6.45, 7) is 3.20. The molecule has 4 heteroatoms. The van der Waals surface area contributed by atoms with E-state index in [0.717, 1.165) is 42.4 Å². The minimum absolute atomic E-state index is 0.136. The van der Waals surface area contributed by atoms with Gasteiger partial charge in [0, 0.05) is 6.04 Å². The predicted molar refractivity (Wildman–Crippen MR) is 79.1 cm³/mol. The highest BCUT2D eigenvalue weighted by atomic mass is 16.7. The number of rotatable bonds is 9. The molecule has 0 spiro atoms. The molecule has 0 saturated heterocycles. The normalized spacial score (nSPS) is 15.9. The van der Waals surface area contributed by atoms with Crippen LogP contribution in [-0.4, -0.2) is 26.6 Å². The maximum absolute atomic E-state index is 6.04. The number of hydrogen-bond acceptors (Lipinski definition) is 4. The largest absolute Gasteiger partial charge is 0.497 e. The zero-order chi connectivity index (χ0) is 14.4. The van der Waals surface area contributed by atoms with Crippen molar-refractivity contribution in [2.75, 3.05) is 20.5 Å². The smallest absolute Gasteiger partial charge is 0.189 e. The molecule has 0 heterocycles. The SMILES string of the molecule is CCC(N)Cc1cc(OC)ccc1OCOCC1CC1. The van der Waals surface area contributed by atoms with Crippen LogP contribution in [0.5, 0.6) is 11.5 Å². The van der Waals surface area contributed by atoms with E-state index >= 15 is 0 Å². The van der Waals surface area contributed by atoms with Gasteiger partial charge in [0.15, 0.2) is 6.79 Å². The van der Waals surface area contributed by atoms with E-state index in [-0.39, 0.29) is 6.04 Å². The molecule has 1 saturated carbocycles. The second-order valence-corrected chi connectivity index (χ2v) is 5.42. The molecule has 2 N–H and O–H groups in total. The molecule has 1 atom stereocenters. The summed E-state index contributed by atoms with van der Waals surface area (Å²) in [7, 11) is 1.66. The highest BCUT2D eigenvalue weighted by Gasteiger charge is 2.21. The van der Waals surface area contributed by atoms with Gasteiger partial charge in [-0.1, -0.05) is 6.92 Å². The van der Waals surface area contributed by atoms with E-state index in [2.05, 4.69) is 6.92 Å². The van der Waals surface area contributed by atoms with Crippen molar-refractivity contribution in [3.8, 4) is 11.5 Å². The summed E-state index contributed by atoms with van der Waals surface area (Å²) in [6, 6.07) is 5.96. The third-order valence-corrected chi connectivity index (χ3v) is 3.62. The van der Waals surface area contributed by atoms with Crippen molar-refractivity contribution in [2.45, 2.75) is 38.6 Å². The van der Waals surface area contributed by atoms with Gasteiger partial charge in [-0.25, -0.2) is 0 Å². The Morgan fingerprint density at radius 1 is 1.35 bits per heavy atom. The van der Waals surface area contributed by atoms with Gasteiger partial charge in [0.25, 0.3) is 0 Å². The minimum Gasteiger partial charge on any atom is -0.497 e. The highest BCUT2D eigenvalue weighted by molar-refractivity contribution is 5.40. The van der Waals surface area contributed by atoms with Crippen LogP contribution in [0.15, 0.2) is 18.2 Å². The van der Waals surface area contributed by atoms with Gasteiger partial charge >= 0.3 is 0 Å². The maximum Gasteiger partial charge on any atom is 0.189 e. The average Bonchev–Trinajstić information content (AvgIpc) is 3.28. The second-order valence-electron chi connectivity index (χ2n) is 5.42. The average molecular weight is 279 g/mol. The van der Waals surface area contributed by atoms with Crippen molar-refractivity contribution in [3.05, 3.63) is 23.8 Å². The van der Waals surface area contributed by atoms with Gasteiger partial charge in [-0.2, -0.15) is 0 Å². The van der Waals surface area contributed by atoms with Crippen molar-refractivity contribution in [3.63, 3.8) is 0 Å². The quantitative estimate of drug-likeness (QED) is 0.558. The number of methoxy groups -OCH3 is 1. The Hall–Kier alpha value is -1.26. The fraction of sp³-hybridized carbons (Fsp3) is 0.625. The summed E-state index contributed by atoms with van der Waals surface area (Å²) in [5.41, 5.74) is 7.12. The molecule has 0 radical (unpaired) electrons. The standard InChI is InChI=1S/C16H25NO3/c1-3-14(17)8-13-9-15(18-2)6-7-16(13)20-11-19-10-12-4-5-12/h6-7,9,12,14H,3-5,8,10-11,17H2,1-2H3. The second kappa shape index (κ2) is 7.50. The fourth-order valence-electron chi connectivity index (χ4n) is 2.01. The molecule has 0 aromatic heterocycles. The Bertz CT molecular complexity index is 418. The lowest BCUT2D eigenvalue weighted by atomic mass is 10.0. The molecule has 1 aromatic rings. The van der Waals surface area contributed by atoms with Crippen molar-refractivity contribution < 1.29 is 14.2 Å². The lowest BCUT2D eigenvalue weighted by molar-refractivity contribution is 0.00940. The van der Waals surface area contributed by atoms with Crippen LogP contribution in [0.3, 0.4) is 0 Å². The highest BCUT2D eigenvalue weighted by Crippen LogP contribution is 2.29. The summed E-state index contributed by atoms with van der Waals surface area (Å²) in [6.07, 6.45) is 4.30. The van der Waals surface area contributed by atoms with Crippen LogP contribution in [0, 0.1) is 5.92 Å². The number of ether oxygens (including phenoxy) is 3. The van der Waals surface area contributed by atoms with Crippen LogP contribution in [0.25, 0.3) is 0 Å². The number of hydrogen-bond donors (Lipinski definition) is 1. The lowest BCUT2D eigenvalue weighted by Gasteiger charge is -2.15. The van der Waals surface area contributed by atoms with Gasteiger partial charge in [-0.15, -0.1) is 0 Å². The minimum atomic E-state index is 0.136. The zero-order valence-electron chi connectivity index (χ0n) is 12.4. The first-order valence-corrected chi connectivity index (χ1v) is 7.36. The topological polar surface area (TPSA) is 53.7 Å². The molecular weight excluding hydrogens is 254 g/mol. The monoisotopic (exact) mass is 279 g/mol. The van der Waals surface area contributed by atoms with Crippen LogP contribution < -0.4 is 15.2 Å². The Balaban J connectivity index is 1.93. The van der Waals surface area contributed by atoms with Gasteiger partial charge in [-0.3, -0.25) is 0 Å². The summed E-state index contributed by atoms with van der Waals surface area (Å²) in [5.74, 6) is 2.42. The van der Waals surface area contributed by atoms with Crippen LogP contribution in [0.1, 0.15) is 31.7 Å². The Morgan fingerprint density at radius 3 is 2.80 bits per heavy atom. The van der Waals surface area contributed by atoms with Gasteiger partial charge in [-0.05, 0) is 55.4 Å². The van der Waals surface area contributed by atoms with Crippen LogP contribution in [-0.2, 0) is 11.2 Å².